The standard InChI is InChI=1S/C47H47N3O4/c51-34-38-20-22-40(23-21-38)45-28-43(33-50(31-36-14-6-2-7-15-36)32-37-16-8-3-9-17-37)53-46(54-45)41-26-24-39(25-27-41)44-19-11-10-18-42(44)30-49-47(52)48-29-35-12-4-1-5-13-35/h1-27,43,45-46,51H,28-34H2,(H2,48,49,52)/t43-,45+,46+/m1/s1. The molecule has 1 saturated heterocycles. The van der Waals surface area contributed by atoms with Gasteiger partial charge in [0.2, 0.25) is 0 Å². The van der Waals surface area contributed by atoms with Crippen molar-refractivity contribution in [2.24, 2.45) is 0 Å². The lowest BCUT2D eigenvalue weighted by atomic mass is 9.97. The van der Waals surface area contributed by atoms with Crippen LogP contribution in [0.15, 0.2) is 164 Å². The van der Waals surface area contributed by atoms with Crippen LogP contribution in [-0.4, -0.2) is 28.7 Å². The Bertz CT molecular complexity index is 2000. The smallest absolute Gasteiger partial charge is 0.315 e. The predicted molar refractivity (Wildman–Crippen MR) is 213 cm³/mol. The number of nitrogens with one attached hydrogen (secondary N) is 2. The van der Waals surface area contributed by atoms with E-state index < -0.39 is 6.29 Å². The number of carbonyl (C=O) groups is 1. The Labute approximate surface area is 318 Å². The van der Waals surface area contributed by atoms with E-state index in [1.807, 2.05) is 60.7 Å². The van der Waals surface area contributed by atoms with Crippen LogP contribution in [0.4, 0.5) is 4.79 Å². The molecule has 3 atom stereocenters. The molecule has 0 saturated carbocycles. The van der Waals surface area contributed by atoms with E-state index in [1.165, 1.54) is 11.1 Å². The van der Waals surface area contributed by atoms with Gasteiger partial charge in [0, 0.05) is 44.7 Å². The van der Waals surface area contributed by atoms with Crippen molar-refractivity contribution in [3.8, 4) is 11.1 Å². The van der Waals surface area contributed by atoms with Crippen LogP contribution < -0.4 is 10.6 Å². The summed E-state index contributed by atoms with van der Waals surface area (Å²) in [6.07, 6.45) is -0.151. The van der Waals surface area contributed by atoms with Gasteiger partial charge in [0.15, 0.2) is 6.29 Å². The third-order valence-electron chi connectivity index (χ3n) is 9.82. The van der Waals surface area contributed by atoms with Crippen molar-refractivity contribution in [1.29, 1.82) is 0 Å². The van der Waals surface area contributed by atoms with Crippen LogP contribution in [0.1, 0.15) is 57.8 Å². The minimum absolute atomic E-state index is 0.00108. The maximum Gasteiger partial charge on any atom is 0.315 e. The van der Waals surface area contributed by atoms with Crippen LogP contribution in [0.2, 0.25) is 0 Å². The highest BCUT2D eigenvalue weighted by atomic mass is 16.7. The van der Waals surface area contributed by atoms with Crippen molar-refractivity contribution in [3.63, 3.8) is 0 Å². The van der Waals surface area contributed by atoms with Gasteiger partial charge in [-0.15, -0.1) is 0 Å². The van der Waals surface area contributed by atoms with E-state index in [9.17, 15) is 9.90 Å². The number of ether oxygens (including phenoxy) is 2. The number of benzene rings is 6. The zero-order valence-corrected chi connectivity index (χ0v) is 30.4. The van der Waals surface area contributed by atoms with Crippen LogP contribution in [0.3, 0.4) is 0 Å². The van der Waals surface area contributed by atoms with Crippen molar-refractivity contribution in [2.45, 2.75) is 57.7 Å². The van der Waals surface area contributed by atoms with E-state index in [0.717, 1.165) is 58.6 Å². The Morgan fingerprint density at radius 3 is 1.78 bits per heavy atom. The maximum absolute atomic E-state index is 12.6. The van der Waals surface area contributed by atoms with Gasteiger partial charge >= 0.3 is 6.03 Å². The summed E-state index contributed by atoms with van der Waals surface area (Å²) in [7, 11) is 0. The quantitative estimate of drug-likeness (QED) is 0.105. The molecule has 7 heteroatoms. The molecule has 2 amide bonds. The number of nitrogens with zero attached hydrogens (tertiary/aromatic N) is 1. The summed E-state index contributed by atoms with van der Waals surface area (Å²) in [5.74, 6) is 0. The topological polar surface area (TPSA) is 83.1 Å². The molecule has 0 radical (unpaired) electrons. The predicted octanol–water partition coefficient (Wildman–Crippen LogP) is 9.09. The van der Waals surface area contributed by atoms with Crippen LogP contribution in [0, 0.1) is 0 Å². The average Bonchev–Trinajstić information content (AvgIpc) is 3.23. The summed E-state index contributed by atoms with van der Waals surface area (Å²) >= 11 is 0. The summed E-state index contributed by atoms with van der Waals surface area (Å²) in [4.78, 5) is 15.1. The first-order valence-corrected chi connectivity index (χ1v) is 18.6. The van der Waals surface area contributed by atoms with E-state index >= 15 is 0 Å². The normalized spacial score (nSPS) is 16.9. The van der Waals surface area contributed by atoms with Gasteiger partial charge in [-0.05, 0) is 44.5 Å². The number of hydrogen-bond acceptors (Lipinski definition) is 5. The van der Waals surface area contributed by atoms with Crippen molar-refractivity contribution in [1.82, 2.24) is 15.5 Å². The fourth-order valence-electron chi connectivity index (χ4n) is 6.98. The van der Waals surface area contributed by atoms with Crippen LogP contribution in [-0.2, 0) is 42.3 Å². The van der Waals surface area contributed by atoms with Gasteiger partial charge in [-0.1, -0.05) is 164 Å². The van der Waals surface area contributed by atoms with E-state index in [0.29, 0.717) is 19.5 Å². The van der Waals surface area contributed by atoms with Crippen LogP contribution in [0.25, 0.3) is 11.1 Å². The fraction of sp³-hybridized carbons (Fsp3) is 0.213. The second-order valence-electron chi connectivity index (χ2n) is 13.8. The number of carbonyl (C=O) groups excluding carboxylic acids is 1. The monoisotopic (exact) mass is 717 g/mol. The average molecular weight is 718 g/mol. The van der Waals surface area contributed by atoms with E-state index in [2.05, 4.69) is 119 Å². The molecule has 7 nitrogen and oxygen atoms in total. The van der Waals surface area contributed by atoms with Crippen molar-refractivity contribution in [2.75, 3.05) is 6.54 Å². The molecule has 274 valence electrons. The minimum Gasteiger partial charge on any atom is -0.392 e. The summed E-state index contributed by atoms with van der Waals surface area (Å²) in [5, 5.41) is 15.6. The van der Waals surface area contributed by atoms with Crippen LogP contribution in [0.5, 0.6) is 0 Å². The number of rotatable bonds is 14. The summed E-state index contributed by atoms with van der Waals surface area (Å²) in [5.41, 5.74) is 9.55. The van der Waals surface area contributed by atoms with E-state index in [-0.39, 0.29) is 24.8 Å². The van der Waals surface area contributed by atoms with Gasteiger partial charge in [-0.3, -0.25) is 4.90 Å². The Hall–Kier alpha value is -5.57. The molecule has 0 unspecified atom stereocenters. The highest BCUT2D eigenvalue weighted by Gasteiger charge is 2.33. The fourth-order valence-corrected chi connectivity index (χ4v) is 6.98. The Morgan fingerprint density at radius 2 is 1.15 bits per heavy atom. The second kappa shape index (κ2) is 18.5. The first kappa shape index (κ1) is 36.8. The molecule has 0 spiro atoms. The van der Waals surface area contributed by atoms with Gasteiger partial charge in [0.1, 0.15) is 0 Å². The summed E-state index contributed by atoms with van der Waals surface area (Å²) in [6, 6.07) is 55.3. The molecule has 0 bridgehead atoms. The molecular formula is C47H47N3O4. The second-order valence-corrected chi connectivity index (χ2v) is 13.8. The number of hydrogen-bond donors (Lipinski definition) is 3. The maximum atomic E-state index is 12.6. The number of aliphatic hydroxyl groups excluding tert-OH is 1. The molecule has 0 aliphatic carbocycles. The lowest BCUT2D eigenvalue weighted by Gasteiger charge is -2.38. The minimum atomic E-state index is -0.569. The first-order valence-electron chi connectivity index (χ1n) is 18.6. The largest absolute Gasteiger partial charge is 0.392 e. The van der Waals surface area contributed by atoms with Gasteiger partial charge < -0.3 is 25.2 Å². The van der Waals surface area contributed by atoms with Gasteiger partial charge in [0.05, 0.1) is 18.8 Å². The third-order valence-corrected chi connectivity index (χ3v) is 9.82. The lowest BCUT2D eigenvalue weighted by molar-refractivity contribution is -0.253. The molecule has 3 N–H and O–H groups in total. The molecule has 0 aromatic heterocycles. The highest BCUT2D eigenvalue weighted by molar-refractivity contribution is 5.75. The molecule has 1 aliphatic rings. The van der Waals surface area contributed by atoms with Crippen molar-refractivity contribution in [3.05, 3.63) is 203 Å². The molecule has 1 fully saturated rings. The zero-order valence-electron chi connectivity index (χ0n) is 30.4. The first-order chi connectivity index (χ1) is 26.6. The Morgan fingerprint density at radius 1 is 0.593 bits per heavy atom. The molecular weight excluding hydrogens is 671 g/mol. The summed E-state index contributed by atoms with van der Waals surface area (Å²) < 4.78 is 13.5. The number of aliphatic hydroxyl groups is 1. The Kier molecular flexibility index (Phi) is 12.6. The lowest BCUT2D eigenvalue weighted by Crippen LogP contribution is -2.39. The molecule has 1 heterocycles. The molecule has 1 aliphatic heterocycles. The van der Waals surface area contributed by atoms with Gasteiger partial charge in [-0.2, -0.15) is 0 Å². The zero-order chi connectivity index (χ0) is 37.0. The Balaban J connectivity index is 1.08. The van der Waals surface area contributed by atoms with Crippen LogP contribution >= 0.6 is 0 Å². The number of amides is 2. The van der Waals surface area contributed by atoms with Crippen molar-refractivity contribution >= 4 is 6.03 Å². The summed E-state index contributed by atoms with van der Waals surface area (Å²) in [6.45, 7) is 3.19. The SMILES string of the molecule is O=C(NCc1ccccc1)NCc1ccccc1-c1ccc([C@H]2O[C@@H](CN(Cc3ccccc3)Cc3ccccc3)C[C@@H](c3ccc(CO)cc3)O2)cc1. The third kappa shape index (κ3) is 10.1. The molecule has 7 rings (SSSR count). The highest BCUT2D eigenvalue weighted by Crippen LogP contribution is 2.39. The molecule has 54 heavy (non-hydrogen) atoms. The van der Waals surface area contributed by atoms with Crippen molar-refractivity contribution < 1.29 is 19.4 Å². The van der Waals surface area contributed by atoms with Gasteiger partial charge in [-0.25, -0.2) is 4.79 Å². The molecule has 6 aromatic carbocycles. The van der Waals surface area contributed by atoms with E-state index in [4.69, 9.17) is 9.47 Å². The molecule has 6 aromatic rings. The van der Waals surface area contributed by atoms with E-state index in [1.54, 1.807) is 0 Å². The number of urea groups is 1. The van der Waals surface area contributed by atoms with Gasteiger partial charge in [0.25, 0.3) is 0 Å².